The van der Waals surface area contributed by atoms with E-state index in [1.165, 1.54) is 0 Å². The summed E-state index contributed by atoms with van der Waals surface area (Å²) < 4.78 is 11.1. The molecule has 7 nitrogen and oxygen atoms in total. The first-order valence-electron chi connectivity index (χ1n) is 11.7. The molecule has 1 amide bonds. The fourth-order valence-electron chi connectivity index (χ4n) is 4.24. The Bertz CT molecular complexity index is 1420. The molecule has 0 spiro atoms. The second-order valence-corrected chi connectivity index (χ2v) is 9.35. The number of benzene rings is 3. The Morgan fingerprint density at radius 1 is 1.03 bits per heavy atom. The zero-order chi connectivity index (χ0) is 25.3. The number of carbonyl (C=O) groups excluding carboxylic acids is 2. The van der Waals surface area contributed by atoms with E-state index in [4.69, 9.17) is 20.8 Å². The molecule has 1 atom stereocenters. The maximum atomic E-state index is 12.6. The van der Waals surface area contributed by atoms with Crippen molar-refractivity contribution < 1.29 is 53.8 Å². The summed E-state index contributed by atoms with van der Waals surface area (Å²) in [5.74, 6) is 0.626. The molecule has 1 saturated carbocycles. The number of oxazole rings is 1. The molecule has 2 N–H and O–H groups in total. The summed E-state index contributed by atoms with van der Waals surface area (Å²) in [7, 11) is 0. The van der Waals surface area contributed by atoms with Crippen molar-refractivity contribution in [3.05, 3.63) is 94.8 Å². The van der Waals surface area contributed by atoms with Gasteiger partial charge in [-0.1, -0.05) is 96.7 Å². The quantitative estimate of drug-likeness (QED) is 0.278. The van der Waals surface area contributed by atoms with Crippen LogP contribution in [0.2, 0.25) is 5.02 Å². The van der Waals surface area contributed by atoms with Gasteiger partial charge in [-0.25, -0.2) is 9.78 Å². The number of hydrogen-bond acceptors (Lipinski definition) is 6. The summed E-state index contributed by atoms with van der Waals surface area (Å²) in [5.41, 5.74) is 4.68. The summed E-state index contributed by atoms with van der Waals surface area (Å²) in [5, 5.41) is 3.19. The average Bonchev–Trinajstić information content (AvgIpc) is 3.61. The first-order valence-corrected chi connectivity index (χ1v) is 12.1. The van der Waals surface area contributed by atoms with Gasteiger partial charge in [-0.15, -0.1) is 5.41 Å². The molecule has 1 aliphatic rings. The van der Waals surface area contributed by atoms with Gasteiger partial charge in [0, 0.05) is 23.1 Å². The minimum atomic E-state index is -0.669. The first kappa shape index (κ1) is 29.6. The molecule has 9 heteroatoms. The number of anilines is 1. The summed E-state index contributed by atoms with van der Waals surface area (Å²) in [6.45, 7) is 3.46. The molecule has 4 aromatic rings. The van der Waals surface area contributed by atoms with Crippen LogP contribution in [0.1, 0.15) is 42.9 Å². The zero-order valence-corrected chi connectivity index (χ0v) is 24.1. The molecular weight excluding hydrogens is 515 g/mol. The van der Waals surface area contributed by atoms with Crippen LogP contribution < -0.4 is 34.9 Å². The van der Waals surface area contributed by atoms with E-state index in [2.05, 4.69) is 16.6 Å². The van der Waals surface area contributed by atoms with Gasteiger partial charge in [-0.2, -0.15) is 0 Å². The van der Waals surface area contributed by atoms with Crippen LogP contribution in [0.4, 0.5) is 10.7 Å². The van der Waals surface area contributed by atoms with Crippen molar-refractivity contribution in [2.45, 2.75) is 38.2 Å². The fourth-order valence-corrected chi connectivity index (χ4v) is 4.52. The van der Waals surface area contributed by atoms with E-state index in [9.17, 15) is 9.59 Å². The molecule has 5 rings (SSSR count). The number of halogens is 1. The number of aryl methyl sites for hydroxylation is 1. The van der Waals surface area contributed by atoms with E-state index in [0.717, 1.165) is 35.1 Å². The smallest absolute Gasteiger partial charge is 0.870 e. The number of ether oxygens (including phenoxy) is 1. The van der Waals surface area contributed by atoms with Gasteiger partial charge in [-0.05, 0) is 24.1 Å². The predicted octanol–water partition coefficient (Wildman–Crippen LogP) is 4.25. The Labute approximate surface area is 248 Å². The number of aromatic nitrogens is 1. The van der Waals surface area contributed by atoms with Crippen LogP contribution in [0.3, 0.4) is 0 Å². The second kappa shape index (κ2) is 12.3. The first-order chi connectivity index (χ1) is 17.4. The Morgan fingerprint density at radius 2 is 1.61 bits per heavy atom. The summed E-state index contributed by atoms with van der Waals surface area (Å²) in [4.78, 5) is 28.3. The minimum Gasteiger partial charge on any atom is -0.870 e. The minimum absolute atomic E-state index is 0. The van der Waals surface area contributed by atoms with Gasteiger partial charge in [-0.3, -0.25) is 11.6 Å². The Balaban J connectivity index is 0.00000200. The average molecular weight is 540 g/mol. The molecule has 3 aromatic carbocycles. The number of nitrogens with zero attached hydrogens (tertiary/aromatic N) is 1. The van der Waals surface area contributed by atoms with Crippen molar-refractivity contribution >= 4 is 29.9 Å². The second-order valence-electron chi connectivity index (χ2n) is 8.94. The van der Waals surface area contributed by atoms with Crippen LogP contribution in [-0.2, 0) is 14.9 Å². The van der Waals surface area contributed by atoms with E-state index in [0.29, 0.717) is 22.2 Å². The van der Waals surface area contributed by atoms with Crippen LogP contribution in [0.15, 0.2) is 77.2 Å². The zero-order valence-electron chi connectivity index (χ0n) is 21.3. The van der Waals surface area contributed by atoms with Crippen molar-refractivity contribution in [2.24, 2.45) is 0 Å². The van der Waals surface area contributed by atoms with Gasteiger partial charge < -0.3 is 19.4 Å². The fraction of sp³-hybridized carbons (Fsp3) is 0.207. The third-order valence-corrected chi connectivity index (χ3v) is 6.80. The summed E-state index contributed by atoms with van der Waals surface area (Å²) >= 11 is 6.21. The molecule has 1 heterocycles. The molecular formula is C29H25ClN2NaO5-. The number of amides is 1. The SMILES string of the molecule is Cc1nc(-c2ccc(-c3ccc(C4([C-]=O)CC4)cc3)cc2)c(NC(=O)O[C@H](C)c2ccccc2Cl)o1.[Na+].[OH-]. The van der Waals surface area contributed by atoms with Crippen LogP contribution in [0.25, 0.3) is 22.4 Å². The molecule has 0 saturated heterocycles. The van der Waals surface area contributed by atoms with Crippen LogP contribution in [0, 0.1) is 6.92 Å². The Hall–Kier alpha value is -2.94. The van der Waals surface area contributed by atoms with Crippen molar-refractivity contribution in [1.29, 1.82) is 0 Å². The standard InChI is InChI=1S/C29H24ClN2O4.Na.H2O/c1-18(24-5-3-4-6-25(24)30)35-28(34)32-27-26(31-19(2)36-27)22-9-7-20(8-10-22)21-11-13-23(14-12-21)29(17-33)15-16-29;;/h3-14,18H,15-16H2,1-2H3,(H,32,34);;1H2/q-1;+1;/p-1/t18-;;/m1../s1. The predicted molar refractivity (Wildman–Crippen MR) is 141 cm³/mol. The van der Waals surface area contributed by atoms with Gasteiger partial charge in [0.15, 0.2) is 5.89 Å². The summed E-state index contributed by atoms with van der Waals surface area (Å²) in [6.07, 6.45) is 2.70. The van der Waals surface area contributed by atoms with Crippen molar-refractivity contribution in [3.8, 4) is 22.4 Å². The third-order valence-electron chi connectivity index (χ3n) is 6.45. The maximum absolute atomic E-state index is 12.6. The van der Waals surface area contributed by atoms with Gasteiger partial charge in [0.05, 0.1) is 0 Å². The van der Waals surface area contributed by atoms with E-state index in [-0.39, 0.29) is 40.9 Å². The van der Waals surface area contributed by atoms with Crippen molar-refractivity contribution in [2.75, 3.05) is 5.32 Å². The number of rotatable bonds is 7. The van der Waals surface area contributed by atoms with Crippen molar-refractivity contribution in [1.82, 2.24) is 4.98 Å². The largest absolute Gasteiger partial charge is 1.00 e. The van der Waals surface area contributed by atoms with Crippen LogP contribution >= 0.6 is 11.6 Å². The van der Waals surface area contributed by atoms with E-state index >= 15 is 0 Å². The molecule has 1 aromatic heterocycles. The normalized spacial score (nSPS) is 13.9. The topological polar surface area (TPSA) is 111 Å². The molecule has 0 radical (unpaired) electrons. The monoisotopic (exact) mass is 539 g/mol. The Morgan fingerprint density at radius 3 is 2.18 bits per heavy atom. The van der Waals surface area contributed by atoms with E-state index in [1.54, 1.807) is 19.9 Å². The van der Waals surface area contributed by atoms with Gasteiger partial charge in [0.2, 0.25) is 5.88 Å². The summed E-state index contributed by atoms with van der Waals surface area (Å²) in [6, 6.07) is 23.1. The molecule has 1 aliphatic carbocycles. The van der Waals surface area contributed by atoms with Crippen LogP contribution in [-0.4, -0.2) is 22.8 Å². The number of hydrogen-bond donors (Lipinski definition) is 1. The van der Waals surface area contributed by atoms with E-state index < -0.39 is 17.6 Å². The van der Waals surface area contributed by atoms with Crippen LogP contribution in [0.5, 0.6) is 0 Å². The van der Waals surface area contributed by atoms with Gasteiger partial charge >= 0.3 is 35.7 Å². The molecule has 190 valence electrons. The molecule has 0 bridgehead atoms. The van der Waals surface area contributed by atoms with E-state index in [1.807, 2.05) is 66.7 Å². The number of carbonyl (C=O) groups is 1. The van der Waals surface area contributed by atoms with Gasteiger partial charge in [0.25, 0.3) is 0 Å². The molecule has 0 unspecified atom stereocenters. The molecule has 0 aliphatic heterocycles. The number of nitrogens with one attached hydrogen (secondary N) is 1. The van der Waals surface area contributed by atoms with Crippen molar-refractivity contribution in [3.63, 3.8) is 0 Å². The van der Waals surface area contributed by atoms with Gasteiger partial charge in [0.1, 0.15) is 11.8 Å². The molecule has 38 heavy (non-hydrogen) atoms. The third kappa shape index (κ3) is 6.20. The molecule has 1 fully saturated rings. The maximum Gasteiger partial charge on any atom is 1.00 e. The Kier molecular flexibility index (Phi) is 9.57.